The molecule has 1 fully saturated rings. The van der Waals surface area contributed by atoms with E-state index in [4.69, 9.17) is 5.53 Å². The van der Waals surface area contributed by atoms with Crippen LogP contribution in [0.25, 0.3) is 21.0 Å². The van der Waals surface area contributed by atoms with Gasteiger partial charge in [-0.15, -0.1) is 22.7 Å². The zero-order valence-electron chi connectivity index (χ0n) is 10.8. The van der Waals surface area contributed by atoms with E-state index in [0.29, 0.717) is 24.6 Å². The maximum Gasteiger partial charge on any atom is 0.229 e. The van der Waals surface area contributed by atoms with Crippen LogP contribution in [0.15, 0.2) is 26.4 Å². The number of azide groups is 1. The van der Waals surface area contributed by atoms with Crippen molar-refractivity contribution in [3.8, 4) is 10.6 Å². The average molecular weight is 384 g/mol. The Morgan fingerprint density at radius 2 is 2.43 bits per heavy atom. The molecule has 1 saturated heterocycles. The number of halogens is 1. The van der Waals surface area contributed by atoms with E-state index in [0.717, 1.165) is 14.4 Å². The van der Waals surface area contributed by atoms with Gasteiger partial charge in [0.05, 0.1) is 14.4 Å². The minimum atomic E-state index is 0.0430. The number of hydrogen-bond donors (Lipinski definition) is 0. The fraction of sp³-hybridized carbons (Fsp3) is 0.333. The van der Waals surface area contributed by atoms with Crippen molar-refractivity contribution in [2.24, 2.45) is 11.0 Å². The minimum Gasteiger partial charge on any atom is -0.288 e. The summed E-state index contributed by atoms with van der Waals surface area (Å²) in [5.74, 6) is 0.123. The van der Waals surface area contributed by atoms with Gasteiger partial charge in [0.25, 0.3) is 0 Å². The van der Waals surface area contributed by atoms with E-state index in [-0.39, 0.29) is 11.8 Å². The Morgan fingerprint density at radius 3 is 3.14 bits per heavy atom. The molecule has 6 nitrogen and oxygen atoms in total. The van der Waals surface area contributed by atoms with E-state index in [9.17, 15) is 4.79 Å². The summed E-state index contributed by atoms with van der Waals surface area (Å²) in [4.78, 5) is 22.1. The van der Waals surface area contributed by atoms with Crippen molar-refractivity contribution < 1.29 is 4.79 Å². The lowest BCUT2D eigenvalue weighted by atomic mass is 10.1. The van der Waals surface area contributed by atoms with Crippen LogP contribution in [-0.2, 0) is 4.79 Å². The Bertz CT molecular complexity index is 721. The monoisotopic (exact) mass is 383 g/mol. The summed E-state index contributed by atoms with van der Waals surface area (Å²) >= 11 is 6.51. The quantitative estimate of drug-likeness (QED) is 0.447. The van der Waals surface area contributed by atoms with Gasteiger partial charge in [-0.05, 0) is 39.5 Å². The van der Waals surface area contributed by atoms with Gasteiger partial charge in [-0.1, -0.05) is 5.11 Å². The van der Waals surface area contributed by atoms with Crippen LogP contribution in [0.1, 0.15) is 6.42 Å². The predicted molar refractivity (Wildman–Crippen MR) is 87.6 cm³/mol. The van der Waals surface area contributed by atoms with Crippen LogP contribution < -0.4 is 4.90 Å². The zero-order valence-corrected chi connectivity index (χ0v) is 14.0. The molecular formula is C12H10BrN5OS2. The van der Waals surface area contributed by atoms with E-state index in [1.54, 1.807) is 16.2 Å². The fourth-order valence-corrected chi connectivity index (χ4v) is 4.47. The van der Waals surface area contributed by atoms with Gasteiger partial charge >= 0.3 is 0 Å². The van der Waals surface area contributed by atoms with Crippen molar-refractivity contribution in [2.75, 3.05) is 18.0 Å². The highest BCUT2D eigenvalue weighted by atomic mass is 79.9. The van der Waals surface area contributed by atoms with Crippen LogP contribution in [0.5, 0.6) is 0 Å². The van der Waals surface area contributed by atoms with Crippen LogP contribution in [0.2, 0.25) is 0 Å². The molecule has 1 unspecified atom stereocenters. The van der Waals surface area contributed by atoms with E-state index < -0.39 is 0 Å². The molecule has 1 aliphatic heterocycles. The van der Waals surface area contributed by atoms with Gasteiger partial charge in [-0.2, -0.15) is 0 Å². The molecule has 1 aliphatic rings. The third-order valence-corrected chi connectivity index (χ3v) is 5.67. The second-order valence-corrected chi connectivity index (χ2v) is 7.91. The summed E-state index contributed by atoms with van der Waals surface area (Å²) in [6, 6.07) is 3.99. The number of carbonyl (C=O) groups excluding carboxylic acids is 1. The van der Waals surface area contributed by atoms with E-state index in [1.165, 1.54) is 11.3 Å². The summed E-state index contributed by atoms with van der Waals surface area (Å²) < 4.78 is 1.05. The van der Waals surface area contributed by atoms with Gasteiger partial charge in [0.15, 0.2) is 5.13 Å². The number of nitrogens with zero attached hydrogens (tertiary/aromatic N) is 5. The Labute approximate surface area is 137 Å². The van der Waals surface area contributed by atoms with Crippen molar-refractivity contribution >= 4 is 49.6 Å². The average Bonchev–Trinajstić information content (AvgIpc) is 3.15. The lowest BCUT2D eigenvalue weighted by Crippen LogP contribution is -2.24. The molecular weight excluding hydrogens is 374 g/mol. The molecule has 0 bridgehead atoms. The summed E-state index contributed by atoms with van der Waals surface area (Å²) in [6.45, 7) is 0.924. The lowest BCUT2D eigenvalue weighted by Gasteiger charge is -2.11. The van der Waals surface area contributed by atoms with Crippen LogP contribution in [0, 0.1) is 5.92 Å². The van der Waals surface area contributed by atoms with Gasteiger partial charge < -0.3 is 0 Å². The SMILES string of the molecule is [N-]=[N+]=NCC1CC(=O)N(c2nc(-c3ccc(Br)s3)cs2)C1. The van der Waals surface area contributed by atoms with Gasteiger partial charge in [0.1, 0.15) is 0 Å². The summed E-state index contributed by atoms with van der Waals surface area (Å²) in [6.07, 6.45) is 0.415. The topological polar surface area (TPSA) is 82.0 Å². The van der Waals surface area contributed by atoms with Crippen LogP contribution in [0.4, 0.5) is 5.13 Å². The molecule has 108 valence electrons. The molecule has 0 radical (unpaired) electrons. The normalized spacial score (nSPS) is 18.0. The molecule has 9 heteroatoms. The first-order chi connectivity index (χ1) is 10.2. The molecule has 2 aromatic heterocycles. The highest BCUT2D eigenvalue weighted by Gasteiger charge is 2.31. The van der Waals surface area contributed by atoms with Gasteiger partial charge in [0.2, 0.25) is 5.91 Å². The second-order valence-electron chi connectivity index (χ2n) is 4.61. The number of thiazole rings is 1. The van der Waals surface area contributed by atoms with Crippen molar-refractivity contribution in [2.45, 2.75) is 6.42 Å². The first-order valence-corrected chi connectivity index (χ1v) is 8.68. The minimum absolute atomic E-state index is 0.0430. The van der Waals surface area contributed by atoms with Crippen molar-refractivity contribution in [3.05, 3.63) is 31.7 Å². The number of hydrogen-bond acceptors (Lipinski definition) is 5. The molecule has 2 aromatic rings. The van der Waals surface area contributed by atoms with Crippen molar-refractivity contribution in [1.29, 1.82) is 0 Å². The number of thiophene rings is 1. The number of carbonyl (C=O) groups is 1. The molecule has 1 amide bonds. The highest BCUT2D eigenvalue weighted by Crippen LogP contribution is 2.35. The largest absolute Gasteiger partial charge is 0.288 e. The lowest BCUT2D eigenvalue weighted by molar-refractivity contribution is -0.117. The van der Waals surface area contributed by atoms with Gasteiger partial charge in [-0.3, -0.25) is 9.69 Å². The molecule has 0 N–H and O–H groups in total. The zero-order chi connectivity index (χ0) is 14.8. The van der Waals surface area contributed by atoms with Gasteiger partial charge in [-0.25, -0.2) is 4.98 Å². The van der Waals surface area contributed by atoms with Crippen LogP contribution in [-0.4, -0.2) is 24.0 Å². The third-order valence-electron chi connectivity index (χ3n) is 3.16. The Balaban J connectivity index is 1.77. The molecule has 0 saturated carbocycles. The maximum absolute atomic E-state index is 12.1. The molecule has 0 aliphatic carbocycles. The number of anilines is 1. The smallest absolute Gasteiger partial charge is 0.229 e. The van der Waals surface area contributed by atoms with Crippen molar-refractivity contribution in [1.82, 2.24) is 4.98 Å². The van der Waals surface area contributed by atoms with E-state index in [2.05, 4.69) is 30.9 Å². The highest BCUT2D eigenvalue weighted by molar-refractivity contribution is 9.11. The summed E-state index contributed by atoms with van der Waals surface area (Å²) in [5.41, 5.74) is 9.24. The molecule has 1 atom stereocenters. The number of amides is 1. The Morgan fingerprint density at radius 1 is 1.57 bits per heavy atom. The number of rotatable bonds is 4. The number of aromatic nitrogens is 1. The molecule has 21 heavy (non-hydrogen) atoms. The van der Waals surface area contributed by atoms with Crippen LogP contribution in [0.3, 0.4) is 0 Å². The maximum atomic E-state index is 12.1. The van der Waals surface area contributed by atoms with Gasteiger partial charge in [0, 0.05) is 29.8 Å². The molecule has 3 heterocycles. The summed E-state index contributed by atoms with van der Waals surface area (Å²) in [5, 5.41) is 6.22. The third kappa shape index (κ3) is 3.11. The molecule has 0 aromatic carbocycles. The fourth-order valence-electron chi connectivity index (χ4n) is 2.19. The second kappa shape index (κ2) is 6.15. The summed E-state index contributed by atoms with van der Waals surface area (Å²) in [7, 11) is 0. The molecule has 0 spiro atoms. The van der Waals surface area contributed by atoms with Crippen molar-refractivity contribution in [3.63, 3.8) is 0 Å². The Kier molecular flexibility index (Phi) is 4.25. The van der Waals surface area contributed by atoms with E-state index >= 15 is 0 Å². The Hall–Kier alpha value is -1.41. The standard InChI is InChI=1S/C12H10BrN5OS2/c13-10-2-1-9(21-10)8-6-20-12(16-8)18-5-7(3-11(18)19)4-15-17-14/h1-2,6-7H,3-5H2. The van der Waals surface area contributed by atoms with Crippen LogP contribution >= 0.6 is 38.6 Å². The first-order valence-electron chi connectivity index (χ1n) is 6.20. The van der Waals surface area contributed by atoms with E-state index in [1.807, 2.05) is 17.5 Å². The molecule has 3 rings (SSSR count). The first kappa shape index (κ1) is 14.5. The predicted octanol–water partition coefficient (Wildman–Crippen LogP) is 4.30.